The SMILES string of the molecule is O=S(=O)(c1cccc2cnccc12)N1CCCN(CC2CCC3CC3C2)CC1. The summed E-state index contributed by atoms with van der Waals surface area (Å²) >= 11 is 0. The lowest BCUT2D eigenvalue weighted by Crippen LogP contribution is -2.37. The van der Waals surface area contributed by atoms with Crippen LogP contribution in [0.1, 0.15) is 32.1 Å². The van der Waals surface area contributed by atoms with Gasteiger partial charge in [-0.3, -0.25) is 4.98 Å². The molecular formula is C22H29N3O2S. The van der Waals surface area contributed by atoms with Gasteiger partial charge >= 0.3 is 0 Å². The molecule has 0 amide bonds. The van der Waals surface area contributed by atoms with Gasteiger partial charge in [-0.15, -0.1) is 0 Å². The number of fused-ring (bicyclic) bond motifs is 2. The van der Waals surface area contributed by atoms with Gasteiger partial charge in [0, 0.05) is 49.3 Å². The second-order valence-electron chi connectivity index (χ2n) is 8.85. The third-order valence-corrected chi connectivity index (χ3v) is 8.93. The molecule has 5 rings (SSSR count). The molecule has 6 heteroatoms. The summed E-state index contributed by atoms with van der Waals surface area (Å²) in [6.45, 7) is 4.20. The van der Waals surface area contributed by atoms with Crippen LogP contribution >= 0.6 is 0 Å². The van der Waals surface area contributed by atoms with Gasteiger partial charge in [0.2, 0.25) is 10.0 Å². The van der Waals surface area contributed by atoms with E-state index >= 15 is 0 Å². The van der Waals surface area contributed by atoms with E-state index in [-0.39, 0.29) is 0 Å². The van der Waals surface area contributed by atoms with Crippen molar-refractivity contribution in [3.8, 4) is 0 Å². The zero-order valence-corrected chi connectivity index (χ0v) is 17.2. The Labute approximate surface area is 167 Å². The molecule has 3 unspecified atom stereocenters. The highest BCUT2D eigenvalue weighted by atomic mass is 32.2. The summed E-state index contributed by atoms with van der Waals surface area (Å²) in [5, 5.41) is 1.63. The van der Waals surface area contributed by atoms with E-state index in [9.17, 15) is 8.42 Å². The number of benzene rings is 1. The molecule has 0 N–H and O–H groups in total. The molecule has 1 aromatic carbocycles. The fourth-order valence-corrected chi connectivity index (χ4v) is 6.99. The maximum atomic E-state index is 13.4. The Morgan fingerprint density at radius 2 is 1.93 bits per heavy atom. The van der Waals surface area contributed by atoms with E-state index in [0.29, 0.717) is 18.0 Å². The highest BCUT2D eigenvalue weighted by molar-refractivity contribution is 7.89. The van der Waals surface area contributed by atoms with E-state index in [2.05, 4.69) is 9.88 Å². The smallest absolute Gasteiger partial charge is 0.243 e. The first-order chi connectivity index (χ1) is 13.6. The number of hydrogen-bond acceptors (Lipinski definition) is 4. The highest BCUT2D eigenvalue weighted by Crippen LogP contribution is 2.51. The van der Waals surface area contributed by atoms with Crippen molar-refractivity contribution >= 4 is 20.8 Å². The summed E-state index contributed by atoms with van der Waals surface area (Å²) in [5.41, 5.74) is 0. The highest BCUT2D eigenvalue weighted by Gasteiger charge is 2.42. The van der Waals surface area contributed by atoms with E-state index in [1.165, 1.54) is 25.7 Å². The van der Waals surface area contributed by atoms with E-state index < -0.39 is 10.0 Å². The first-order valence-electron chi connectivity index (χ1n) is 10.7. The Morgan fingerprint density at radius 3 is 2.82 bits per heavy atom. The van der Waals surface area contributed by atoms with Gasteiger partial charge in [-0.2, -0.15) is 4.31 Å². The van der Waals surface area contributed by atoms with Crippen molar-refractivity contribution in [3.63, 3.8) is 0 Å². The molecule has 3 aliphatic rings. The van der Waals surface area contributed by atoms with Gasteiger partial charge in [0.15, 0.2) is 0 Å². The van der Waals surface area contributed by atoms with Crippen molar-refractivity contribution in [1.29, 1.82) is 0 Å². The average molecular weight is 400 g/mol. The van der Waals surface area contributed by atoms with Gasteiger partial charge in [-0.1, -0.05) is 12.1 Å². The van der Waals surface area contributed by atoms with Crippen LogP contribution in [0.4, 0.5) is 0 Å². The lowest BCUT2D eigenvalue weighted by Gasteiger charge is -2.28. The number of pyridine rings is 1. The molecule has 2 saturated carbocycles. The van der Waals surface area contributed by atoms with E-state index in [0.717, 1.165) is 54.6 Å². The lowest BCUT2D eigenvalue weighted by molar-refractivity contribution is 0.204. The summed E-state index contributed by atoms with van der Waals surface area (Å²) in [7, 11) is -3.49. The Kier molecular flexibility index (Phi) is 4.89. The summed E-state index contributed by atoms with van der Waals surface area (Å²) in [4.78, 5) is 7.04. The van der Waals surface area contributed by atoms with Crippen LogP contribution in [0.25, 0.3) is 10.8 Å². The zero-order valence-electron chi connectivity index (χ0n) is 16.3. The zero-order chi connectivity index (χ0) is 19.1. The van der Waals surface area contributed by atoms with Gasteiger partial charge in [0.1, 0.15) is 0 Å². The Bertz CT molecular complexity index is 956. The van der Waals surface area contributed by atoms with Crippen molar-refractivity contribution in [3.05, 3.63) is 36.7 Å². The van der Waals surface area contributed by atoms with Gasteiger partial charge in [-0.05, 0) is 68.5 Å². The minimum absolute atomic E-state index is 0.410. The molecule has 1 aromatic heterocycles. The molecule has 2 heterocycles. The fourth-order valence-electron chi connectivity index (χ4n) is 5.31. The lowest BCUT2D eigenvalue weighted by atomic mass is 9.89. The van der Waals surface area contributed by atoms with Gasteiger partial charge in [0.25, 0.3) is 0 Å². The summed E-state index contributed by atoms with van der Waals surface area (Å²) < 4.78 is 28.5. The molecule has 28 heavy (non-hydrogen) atoms. The quantitative estimate of drug-likeness (QED) is 0.791. The fraction of sp³-hybridized carbons (Fsp3) is 0.591. The molecule has 3 fully saturated rings. The van der Waals surface area contributed by atoms with Crippen LogP contribution < -0.4 is 0 Å². The van der Waals surface area contributed by atoms with E-state index in [1.807, 2.05) is 12.1 Å². The second kappa shape index (κ2) is 7.39. The van der Waals surface area contributed by atoms with Gasteiger partial charge in [-0.25, -0.2) is 8.42 Å². The Morgan fingerprint density at radius 1 is 1.00 bits per heavy atom. The standard InChI is InChI=1S/C22H29N3O2S/c26-28(27,22-4-1-3-19-15-23-8-7-21(19)22)25-10-2-9-24(11-12-25)16-17-5-6-18-14-20(18)13-17/h1,3-4,7-8,15,17-18,20H,2,5-6,9-14,16H2. The monoisotopic (exact) mass is 399 g/mol. The van der Waals surface area contributed by atoms with Crippen molar-refractivity contribution < 1.29 is 8.42 Å². The molecule has 3 atom stereocenters. The Balaban J connectivity index is 1.29. The number of rotatable bonds is 4. The Hall–Kier alpha value is -1.50. The minimum Gasteiger partial charge on any atom is -0.302 e. The summed E-state index contributed by atoms with van der Waals surface area (Å²) in [5.74, 6) is 2.86. The van der Waals surface area contributed by atoms with E-state index in [4.69, 9.17) is 0 Å². The van der Waals surface area contributed by atoms with Crippen LogP contribution in [0.5, 0.6) is 0 Å². The van der Waals surface area contributed by atoms with Crippen LogP contribution in [0.15, 0.2) is 41.6 Å². The topological polar surface area (TPSA) is 53.5 Å². The summed E-state index contributed by atoms with van der Waals surface area (Å²) in [6.07, 6.45) is 9.94. The largest absolute Gasteiger partial charge is 0.302 e. The number of nitrogens with zero attached hydrogens (tertiary/aromatic N) is 3. The first-order valence-corrected chi connectivity index (χ1v) is 12.1. The molecule has 2 aliphatic carbocycles. The molecular weight excluding hydrogens is 370 g/mol. The average Bonchev–Trinajstić information content (AvgIpc) is 3.50. The number of aromatic nitrogens is 1. The van der Waals surface area contributed by atoms with Crippen LogP contribution in [-0.2, 0) is 10.0 Å². The maximum absolute atomic E-state index is 13.4. The molecule has 150 valence electrons. The van der Waals surface area contributed by atoms with Crippen LogP contribution in [-0.4, -0.2) is 55.3 Å². The molecule has 5 nitrogen and oxygen atoms in total. The van der Waals surface area contributed by atoms with Crippen molar-refractivity contribution in [2.24, 2.45) is 17.8 Å². The molecule has 1 saturated heterocycles. The molecule has 0 spiro atoms. The second-order valence-corrected chi connectivity index (χ2v) is 10.8. The third kappa shape index (κ3) is 3.58. The van der Waals surface area contributed by atoms with Crippen LogP contribution in [0.3, 0.4) is 0 Å². The number of sulfonamides is 1. The molecule has 0 radical (unpaired) electrons. The van der Waals surface area contributed by atoms with Gasteiger partial charge < -0.3 is 4.90 Å². The molecule has 1 aliphatic heterocycles. The predicted octanol–water partition coefficient (Wildman–Crippen LogP) is 3.37. The predicted molar refractivity (Wildman–Crippen MR) is 110 cm³/mol. The van der Waals surface area contributed by atoms with Gasteiger partial charge in [0.05, 0.1) is 4.90 Å². The number of hydrogen-bond donors (Lipinski definition) is 0. The summed E-state index contributed by atoms with van der Waals surface area (Å²) in [6, 6.07) is 7.27. The van der Waals surface area contributed by atoms with Crippen LogP contribution in [0, 0.1) is 17.8 Å². The maximum Gasteiger partial charge on any atom is 0.243 e. The van der Waals surface area contributed by atoms with Crippen molar-refractivity contribution in [2.45, 2.75) is 37.0 Å². The minimum atomic E-state index is -3.49. The normalized spacial score (nSPS) is 29.4. The van der Waals surface area contributed by atoms with Crippen LogP contribution in [0.2, 0.25) is 0 Å². The molecule has 0 bridgehead atoms. The third-order valence-electron chi connectivity index (χ3n) is 6.97. The first kappa shape index (κ1) is 18.5. The molecule has 2 aromatic rings. The van der Waals surface area contributed by atoms with Crippen molar-refractivity contribution in [1.82, 2.24) is 14.2 Å². The van der Waals surface area contributed by atoms with Crippen molar-refractivity contribution in [2.75, 3.05) is 32.7 Å². The van der Waals surface area contributed by atoms with E-state index in [1.54, 1.807) is 28.8 Å².